The maximum Gasteiger partial charge on any atom is 0.196 e. The van der Waals surface area contributed by atoms with E-state index in [-0.39, 0.29) is 0 Å². The summed E-state index contributed by atoms with van der Waals surface area (Å²) >= 11 is 0. The van der Waals surface area contributed by atoms with E-state index in [1.807, 2.05) is 32.0 Å². The fraction of sp³-hybridized carbons (Fsp3) is 0.333. The number of hydrogen-bond donors (Lipinski definition) is 2. The van der Waals surface area contributed by atoms with Crippen LogP contribution in [0.3, 0.4) is 0 Å². The number of nitrogens with two attached hydrogens (primary N) is 1. The largest absolute Gasteiger partial charge is 0.370 e. The van der Waals surface area contributed by atoms with Gasteiger partial charge in [-0.2, -0.15) is 0 Å². The highest BCUT2D eigenvalue weighted by Crippen LogP contribution is 2.14. The summed E-state index contributed by atoms with van der Waals surface area (Å²) in [5.74, 6) is 1.30. The van der Waals surface area contributed by atoms with Crippen LogP contribution in [0.25, 0.3) is 0 Å². The Morgan fingerprint density at radius 3 is 2.50 bits per heavy atom. The Kier molecular flexibility index (Phi) is 2.64. The van der Waals surface area contributed by atoms with Gasteiger partial charge in [-0.15, -0.1) is 0 Å². The van der Waals surface area contributed by atoms with E-state index in [4.69, 9.17) is 5.73 Å². The fourth-order valence-electron chi connectivity index (χ4n) is 1.73. The molecule has 0 radical (unpaired) electrons. The molecule has 2 rings (SSSR count). The highest BCUT2D eigenvalue weighted by molar-refractivity contribution is 6.01. The van der Waals surface area contributed by atoms with Crippen LogP contribution in [0.15, 0.2) is 40.3 Å². The SMILES string of the molecule is CC1(C)N=C(N)NC(Cc2ccccc2)=N1. The van der Waals surface area contributed by atoms with E-state index >= 15 is 0 Å². The van der Waals surface area contributed by atoms with Crippen molar-refractivity contribution in [1.29, 1.82) is 0 Å². The van der Waals surface area contributed by atoms with Gasteiger partial charge < -0.3 is 11.1 Å². The first-order chi connectivity index (χ1) is 7.55. The average Bonchev–Trinajstić information content (AvgIpc) is 2.15. The highest BCUT2D eigenvalue weighted by Gasteiger charge is 2.21. The Hall–Kier alpha value is -1.84. The molecule has 1 aliphatic heterocycles. The number of hydrogen-bond acceptors (Lipinski definition) is 4. The Balaban J connectivity index is 2.15. The maximum atomic E-state index is 5.71. The second kappa shape index (κ2) is 3.96. The second-order valence-electron chi connectivity index (χ2n) is 4.34. The lowest BCUT2D eigenvalue weighted by molar-refractivity contribution is 0.539. The Labute approximate surface area is 95.3 Å². The molecule has 1 aromatic rings. The third-order valence-electron chi connectivity index (χ3n) is 2.29. The molecule has 0 unspecified atom stereocenters. The number of benzene rings is 1. The van der Waals surface area contributed by atoms with Crippen LogP contribution < -0.4 is 11.1 Å². The minimum Gasteiger partial charge on any atom is -0.370 e. The molecule has 1 aromatic carbocycles. The summed E-state index contributed by atoms with van der Waals surface area (Å²) in [6.45, 7) is 3.87. The normalized spacial score (nSPS) is 18.4. The van der Waals surface area contributed by atoms with Crippen LogP contribution >= 0.6 is 0 Å². The number of nitrogens with zero attached hydrogens (tertiary/aromatic N) is 2. The van der Waals surface area contributed by atoms with Crippen LogP contribution in [-0.4, -0.2) is 17.5 Å². The van der Waals surface area contributed by atoms with Crippen molar-refractivity contribution in [1.82, 2.24) is 5.32 Å². The van der Waals surface area contributed by atoms with Crippen molar-refractivity contribution in [2.24, 2.45) is 15.7 Å². The first-order valence-electron chi connectivity index (χ1n) is 5.30. The summed E-state index contributed by atoms with van der Waals surface area (Å²) in [6, 6.07) is 10.2. The van der Waals surface area contributed by atoms with Gasteiger partial charge in [0.2, 0.25) is 0 Å². The van der Waals surface area contributed by atoms with Gasteiger partial charge in [0.1, 0.15) is 11.5 Å². The number of guanidine groups is 1. The Morgan fingerprint density at radius 1 is 1.19 bits per heavy atom. The quantitative estimate of drug-likeness (QED) is 0.782. The molecule has 0 spiro atoms. The van der Waals surface area contributed by atoms with E-state index in [0.717, 1.165) is 12.3 Å². The van der Waals surface area contributed by atoms with Crippen molar-refractivity contribution in [3.05, 3.63) is 35.9 Å². The van der Waals surface area contributed by atoms with E-state index in [2.05, 4.69) is 27.4 Å². The Bertz CT molecular complexity index is 432. The second-order valence-corrected chi connectivity index (χ2v) is 4.34. The van der Waals surface area contributed by atoms with Crippen molar-refractivity contribution in [3.63, 3.8) is 0 Å². The van der Waals surface area contributed by atoms with E-state index < -0.39 is 5.66 Å². The number of amidine groups is 1. The van der Waals surface area contributed by atoms with Crippen LogP contribution in [0.5, 0.6) is 0 Å². The van der Waals surface area contributed by atoms with Crippen LogP contribution in [0.1, 0.15) is 19.4 Å². The first-order valence-corrected chi connectivity index (χ1v) is 5.30. The van der Waals surface area contributed by atoms with Crippen molar-refractivity contribution in [2.45, 2.75) is 25.9 Å². The lowest BCUT2D eigenvalue weighted by atomic mass is 10.1. The molecule has 0 aromatic heterocycles. The average molecular weight is 216 g/mol. The summed E-state index contributed by atoms with van der Waals surface area (Å²) in [4.78, 5) is 8.70. The summed E-state index contributed by atoms with van der Waals surface area (Å²) in [7, 11) is 0. The van der Waals surface area contributed by atoms with E-state index in [0.29, 0.717) is 5.96 Å². The standard InChI is InChI=1S/C12H16N4/c1-12(2)15-10(14-11(13)16-12)8-9-6-4-3-5-7-9/h3-7H,8H2,1-2H3,(H3,13,14,15,16). The van der Waals surface area contributed by atoms with Gasteiger partial charge in [-0.25, -0.2) is 9.98 Å². The van der Waals surface area contributed by atoms with E-state index in [1.54, 1.807) is 0 Å². The molecule has 1 heterocycles. The van der Waals surface area contributed by atoms with Gasteiger partial charge in [0.05, 0.1) is 0 Å². The minimum atomic E-state index is -0.459. The summed E-state index contributed by atoms with van der Waals surface area (Å²) in [5.41, 5.74) is 6.46. The molecule has 0 saturated carbocycles. The van der Waals surface area contributed by atoms with Gasteiger partial charge in [-0.3, -0.25) is 0 Å². The molecule has 0 fully saturated rings. The Morgan fingerprint density at radius 2 is 1.88 bits per heavy atom. The zero-order valence-corrected chi connectivity index (χ0v) is 9.57. The molecule has 4 heteroatoms. The van der Waals surface area contributed by atoms with Gasteiger partial charge in [0.15, 0.2) is 5.96 Å². The molecular formula is C12H16N4. The van der Waals surface area contributed by atoms with Crippen molar-refractivity contribution in [3.8, 4) is 0 Å². The molecule has 0 bridgehead atoms. The molecule has 0 aliphatic carbocycles. The minimum absolute atomic E-state index is 0.436. The van der Waals surface area contributed by atoms with Gasteiger partial charge in [-0.05, 0) is 19.4 Å². The molecule has 4 nitrogen and oxygen atoms in total. The lowest BCUT2D eigenvalue weighted by Gasteiger charge is -2.24. The topological polar surface area (TPSA) is 62.8 Å². The predicted molar refractivity (Wildman–Crippen MR) is 66.4 cm³/mol. The monoisotopic (exact) mass is 216 g/mol. The van der Waals surface area contributed by atoms with Gasteiger partial charge >= 0.3 is 0 Å². The smallest absolute Gasteiger partial charge is 0.196 e. The molecule has 84 valence electrons. The van der Waals surface area contributed by atoms with Gasteiger partial charge in [0, 0.05) is 6.42 Å². The lowest BCUT2D eigenvalue weighted by Crippen LogP contribution is -2.44. The van der Waals surface area contributed by atoms with Crippen LogP contribution in [0, 0.1) is 0 Å². The van der Waals surface area contributed by atoms with Crippen molar-refractivity contribution < 1.29 is 0 Å². The van der Waals surface area contributed by atoms with Crippen molar-refractivity contribution >= 4 is 11.8 Å². The van der Waals surface area contributed by atoms with Gasteiger partial charge in [-0.1, -0.05) is 30.3 Å². The van der Waals surface area contributed by atoms with Crippen LogP contribution in [-0.2, 0) is 6.42 Å². The fourth-order valence-corrected chi connectivity index (χ4v) is 1.73. The summed E-state index contributed by atoms with van der Waals surface area (Å²) < 4.78 is 0. The number of nitrogens with one attached hydrogen (secondary N) is 1. The molecule has 3 N–H and O–H groups in total. The van der Waals surface area contributed by atoms with Gasteiger partial charge in [0.25, 0.3) is 0 Å². The molecule has 0 atom stereocenters. The third kappa shape index (κ3) is 2.59. The number of rotatable bonds is 2. The summed E-state index contributed by atoms with van der Waals surface area (Å²) in [5, 5.41) is 3.00. The third-order valence-corrected chi connectivity index (χ3v) is 2.29. The van der Waals surface area contributed by atoms with E-state index in [1.165, 1.54) is 5.56 Å². The molecule has 16 heavy (non-hydrogen) atoms. The highest BCUT2D eigenvalue weighted by atomic mass is 15.3. The van der Waals surface area contributed by atoms with Crippen LogP contribution in [0.4, 0.5) is 0 Å². The zero-order valence-electron chi connectivity index (χ0n) is 9.57. The van der Waals surface area contributed by atoms with Crippen LogP contribution in [0.2, 0.25) is 0 Å². The van der Waals surface area contributed by atoms with Crippen molar-refractivity contribution in [2.75, 3.05) is 0 Å². The zero-order chi connectivity index (χ0) is 11.6. The summed E-state index contributed by atoms with van der Waals surface area (Å²) in [6.07, 6.45) is 0.750. The molecule has 0 amide bonds. The molecular weight excluding hydrogens is 200 g/mol. The van der Waals surface area contributed by atoms with E-state index in [9.17, 15) is 0 Å². The maximum absolute atomic E-state index is 5.71. The molecule has 0 saturated heterocycles. The molecule has 1 aliphatic rings. The number of aliphatic imine (C=N–C) groups is 2. The first kappa shape index (κ1) is 10.7. The predicted octanol–water partition coefficient (Wildman–Crippen LogP) is 1.28.